The second kappa shape index (κ2) is 8.39. The Kier molecular flexibility index (Phi) is 6.23. The zero-order valence-electron chi connectivity index (χ0n) is 13.6. The molecule has 1 amide bonds. The molecule has 0 saturated heterocycles. The van der Waals surface area contributed by atoms with Crippen LogP contribution in [0.15, 0.2) is 41.3 Å². The monoisotopic (exact) mass is 331 g/mol. The Labute approximate surface area is 140 Å². The molecule has 122 valence electrons. The fourth-order valence-electron chi connectivity index (χ4n) is 2.15. The molecule has 0 unspecified atom stereocenters. The molecule has 0 aliphatic heterocycles. The number of thiophene rings is 1. The summed E-state index contributed by atoms with van der Waals surface area (Å²) in [5.74, 6) is 1.36. The Hall–Kier alpha value is -2.27. The first-order chi connectivity index (χ1) is 11.1. The summed E-state index contributed by atoms with van der Waals surface area (Å²) in [5, 5.41) is 4.93. The van der Waals surface area contributed by atoms with Crippen molar-refractivity contribution in [2.45, 2.75) is 13.3 Å². The maximum atomic E-state index is 12.1. The Morgan fingerprint density at radius 1 is 1.22 bits per heavy atom. The second-order valence-electron chi connectivity index (χ2n) is 5.04. The second-order valence-corrected chi connectivity index (χ2v) is 6.02. The summed E-state index contributed by atoms with van der Waals surface area (Å²) in [5.41, 5.74) is 1.79. The molecule has 23 heavy (non-hydrogen) atoms. The maximum absolute atomic E-state index is 12.1. The van der Waals surface area contributed by atoms with Gasteiger partial charge in [-0.05, 0) is 48.6 Å². The summed E-state index contributed by atoms with van der Waals surface area (Å²) >= 11 is 1.61. The summed E-state index contributed by atoms with van der Waals surface area (Å²) in [4.78, 5) is 13.1. The third-order valence-corrected chi connectivity index (χ3v) is 4.23. The van der Waals surface area contributed by atoms with E-state index in [1.165, 1.54) is 0 Å². The summed E-state index contributed by atoms with van der Waals surface area (Å²) in [7, 11) is 3.22. The largest absolute Gasteiger partial charge is 0.493 e. The summed E-state index contributed by atoms with van der Waals surface area (Å²) < 4.78 is 10.5. The lowest BCUT2D eigenvalue weighted by Crippen LogP contribution is -2.26. The highest BCUT2D eigenvalue weighted by atomic mass is 32.1. The van der Waals surface area contributed by atoms with Crippen LogP contribution in [-0.2, 0) is 11.2 Å². The molecule has 2 rings (SSSR count). The molecule has 0 aliphatic rings. The highest BCUT2D eigenvalue weighted by Gasteiger charge is 2.06. The van der Waals surface area contributed by atoms with Crippen LogP contribution in [0.2, 0.25) is 0 Å². The van der Waals surface area contributed by atoms with Gasteiger partial charge in [0.2, 0.25) is 5.91 Å². The molecule has 0 saturated carbocycles. The molecule has 5 heteroatoms. The molecule has 0 atom stereocenters. The molecule has 4 nitrogen and oxygen atoms in total. The predicted molar refractivity (Wildman–Crippen MR) is 94.2 cm³/mol. The third-order valence-electron chi connectivity index (χ3n) is 3.41. The molecular weight excluding hydrogens is 310 g/mol. The number of hydrogen-bond donors (Lipinski definition) is 1. The van der Waals surface area contributed by atoms with Crippen LogP contribution >= 0.6 is 11.3 Å². The predicted octanol–water partition coefficient (Wildman–Crippen LogP) is 3.53. The molecule has 0 aliphatic carbocycles. The number of methoxy groups -OCH3 is 2. The average Bonchev–Trinajstić information content (AvgIpc) is 3.07. The van der Waals surface area contributed by atoms with E-state index in [4.69, 9.17) is 9.47 Å². The molecule has 0 spiro atoms. The fourth-order valence-corrected chi connectivity index (χ4v) is 2.86. The van der Waals surface area contributed by atoms with E-state index >= 15 is 0 Å². The first kappa shape index (κ1) is 17.1. The van der Waals surface area contributed by atoms with Gasteiger partial charge in [0.25, 0.3) is 0 Å². The van der Waals surface area contributed by atoms with Crippen molar-refractivity contribution in [2.75, 3.05) is 20.8 Å². The number of ether oxygens (including phenoxy) is 2. The van der Waals surface area contributed by atoms with Gasteiger partial charge in [0.15, 0.2) is 11.5 Å². The molecular formula is C18H21NO3S. The van der Waals surface area contributed by atoms with Crippen LogP contribution in [0, 0.1) is 0 Å². The van der Waals surface area contributed by atoms with Gasteiger partial charge in [0.05, 0.1) is 14.2 Å². The van der Waals surface area contributed by atoms with E-state index < -0.39 is 0 Å². The maximum Gasteiger partial charge on any atom is 0.246 e. The van der Waals surface area contributed by atoms with Gasteiger partial charge in [0, 0.05) is 17.0 Å². The number of hydrogen-bond acceptors (Lipinski definition) is 4. The molecule has 1 aromatic carbocycles. The van der Waals surface area contributed by atoms with E-state index in [0.717, 1.165) is 16.9 Å². The van der Waals surface area contributed by atoms with Crippen molar-refractivity contribution in [2.24, 2.45) is 0 Å². The van der Waals surface area contributed by atoms with E-state index in [1.807, 2.05) is 48.7 Å². The molecule has 0 bridgehead atoms. The van der Waals surface area contributed by atoms with Crippen LogP contribution in [0.1, 0.15) is 17.4 Å². The number of rotatable bonds is 7. The summed E-state index contributed by atoms with van der Waals surface area (Å²) in [6.07, 6.45) is 2.63. The number of carbonyl (C=O) groups excluding carboxylic acids is 1. The van der Waals surface area contributed by atoms with E-state index in [2.05, 4.69) is 5.32 Å². The Morgan fingerprint density at radius 2 is 2.00 bits per heavy atom. The molecule has 1 N–H and O–H groups in total. The van der Waals surface area contributed by atoms with E-state index in [0.29, 0.717) is 23.6 Å². The fraction of sp³-hybridized carbons (Fsp3) is 0.278. The van der Waals surface area contributed by atoms with Gasteiger partial charge < -0.3 is 14.8 Å². The summed E-state index contributed by atoms with van der Waals surface area (Å²) in [6.45, 7) is 2.40. The van der Waals surface area contributed by atoms with Crippen molar-refractivity contribution >= 4 is 23.3 Å². The zero-order valence-corrected chi connectivity index (χ0v) is 14.4. The molecule has 2 aromatic rings. The minimum absolute atomic E-state index is 0.0427. The van der Waals surface area contributed by atoms with Crippen molar-refractivity contribution in [3.8, 4) is 11.5 Å². The van der Waals surface area contributed by atoms with Gasteiger partial charge in [-0.25, -0.2) is 0 Å². The van der Waals surface area contributed by atoms with Crippen LogP contribution in [0.4, 0.5) is 0 Å². The molecule has 0 radical (unpaired) electrons. The first-order valence-electron chi connectivity index (χ1n) is 7.35. The van der Waals surface area contributed by atoms with Crippen LogP contribution in [0.5, 0.6) is 11.5 Å². The van der Waals surface area contributed by atoms with E-state index in [-0.39, 0.29) is 5.91 Å². The Morgan fingerprint density at radius 3 is 2.65 bits per heavy atom. The summed E-state index contributed by atoms with van der Waals surface area (Å²) in [6, 6.07) is 9.74. The van der Waals surface area contributed by atoms with Gasteiger partial charge in [-0.1, -0.05) is 12.1 Å². The van der Waals surface area contributed by atoms with E-state index in [9.17, 15) is 4.79 Å². The lowest BCUT2D eigenvalue weighted by atomic mass is 10.1. The highest BCUT2D eigenvalue weighted by Crippen LogP contribution is 2.27. The molecule has 1 heterocycles. The van der Waals surface area contributed by atoms with Crippen molar-refractivity contribution in [1.82, 2.24) is 5.32 Å². The van der Waals surface area contributed by atoms with E-state index in [1.54, 1.807) is 25.6 Å². The van der Waals surface area contributed by atoms with Crippen molar-refractivity contribution in [1.29, 1.82) is 0 Å². The van der Waals surface area contributed by atoms with Crippen LogP contribution in [0.25, 0.3) is 6.08 Å². The van der Waals surface area contributed by atoms with Crippen molar-refractivity contribution in [3.05, 3.63) is 51.7 Å². The van der Waals surface area contributed by atoms with Crippen LogP contribution in [-0.4, -0.2) is 26.7 Å². The van der Waals surface area contributed by atoms with Crippen molar-refractivity contribution < 1.29 is 14.3 Å². The average molecular weight is 331 g/mol. The normalized spacial score (nSPS) is 11.2. The Bertz CT molecular complexity index is 678. The third kappa shape index (κ3) is 4.86. The van der Waals surface area contributed by atoms with Gasteiger partial charge in [0.1, 0.15) is 0 Å². The number of amides is 1. The lowest BCUT2D eigenvalue weighted by Gasteiger charge is -2.10. The SMILES string of the molecule is COc1ccc(CCNC(=O)/C(C)=C/c2cccs2)cc1OC. The number of carbonyl (C=O) groups is 1. The standard InChI is InChI=1S/C18H21NO3S/c1-13(11-15-5-4-10-23-15)18(20)19-9-8-14-6-7-16(21-2)17(12-14)22-3/h4-7,10-12H,8-9H2,1-3H3,(H,19,20)/b13-11+. The van der Waals surface area contributed by atoms with Gasteiger partial charge >= 0.3 is 0 Å². The minimum atomic E-state index is -0.0427. The zero-order chi connectivity index (χ0) is 16.7. The first-order valence-corrected chi connectivity index (χ1v) is 8.23. The molecule has 1 aromatic heterocycles. The van der Waals surface area contributed by atoms with Crippen molar-refractivity contribution in [3.63, 3.8) is 0 Å². The van der Waals surface area contributed by atoms with Gasteiger partial charge in [-0.3, -0.25) is 4.79 Å². The topological polar surface area (TPSA) is 47.6 Å². The van der Waals surface area contributed by atoms with Gasteiger partial charge in [-0.2, -0.15) is 0 Å². The molecule has 0 fully saturated rings. The number of benzene rings is 1. The highest BCUT2D eigenvalue weighted by molar-refractivity contribution is 7.10. The lowest BCUT2D eigenvalue weighted by molar-refractivity contribution is -0.117. The Balaban J connectivity index is 1.88. The number of nitrogens with one attached hydrogen (secondary N) is 1. The smallest absolute Gasteiger partial charge is 0.246 e. The minimum Gasteiger partial charge on any atom is -0.493 e. The quantitative estimate of drug-likeness (QED) is 0.790. The van der Waals surface area contributed by atoms with Crippen LogP contribution in [0.3, 0.4) is 0 Å². The van der Waals surface area contributed by atoms with Crippen LogP contribution < -0.4 is 14.8 Å². The van der Waals surface area contributed by atoms with Gasteiger partial charge in [-0.15, -0.1) is 11.3 Å².